The van der Waals surface area contributed by atoms with Crippen molar-refractivity contribution in [1.29, 1.82) is 0 Å². The minimum atomic E-state index is -0.409. The van der Waals surface area contributed by atoms with Crippen LogP contribution in [0.3, 0.4) is 0 Å². The molecule has 0 saturated carbocycles. The smallest absolute Gasteiger partial charge is 0.339 e. The quantitative estimate of drug-likeness (QED) is 0.543. The number of rotatable bonds is 8. The molecular formula is C22H25N5O2. The summed E-state index contributed by atoms with van der Waals surface area (Å²) in [4.78, 5) is 22.7. The summed E-state index contributed by atoms with van der Waals surface area (Å²) in [6.45, 7) is 6.22. The molecule has 29 heavy (non-hydrogen) atoms. The molecule has 0 aliphatic rings. The third-order valence-electron chi connectivity index (χ3n) is 4.53. The lowest BCUT2D eigenvalue weighted by atomic mass is 10.2. The molecule has 0 aliphatic carbocycles. The molecule has 2 N–H and O–H groups in total. The fourth-order valence-electron chi connectivity index (χ4n) is 3.00. The fourth-order valence-corrected chi connectivity index (χ4v) is 3.00. The molecule has 3 aromatic rings. The van der Waals surface area contributed by atoms with E-state index in [0.29, 0.717) is 22.9 Å². The molecule has 0 fully saturated rings. The molecule has 0 unspecified atom stereocenters. The summed E-state index contributed by atoms with van der Waals surface area (Å²) in [6, 6.07) is 17.1. The van der Waals surface area contributed by atoms with E-state index in [1.54, 1.807) is 24.3 Å². The van der Waals surface area contributed by atoms with Crippen molar-refractivity contribution in [2.45, 2.75) is 13.8 Å². The Morgan fingerprint density at radius 1 is 0.966 bits per heavy atom. The van der Waals surface area contributed by atoms with Gasteiger partial charge in [0.25, 0.3) is 0 Å². The lowest BCUT2D eigenvalue weighted by molar-refractivity contribution is 0.0602. The van der Waals surface area contributed by atoms with Crippen LogP contribution in [0.2, 0.25) is 0 Å². The highest BCUT2D eigenvalue weighted by atomic mass is 16.5. The average molecular weight is 391 g/mol. The minimum absolute atomic E-state index is 0.409. The second-order valence-electron chi connectivity index (χ2n) is 6.29. The third-order valence-corrected chi connectivity index (χ3v) is 4.53. The maximum Gasteiger partial charge on any atom is 0.339 e. The van der Waals surface area contributed by atoms with E-state index in [1.165, 1.54) is 19.1 Å². The van der Waals surface area contributed by atoms with E-state index in [-0.39, 0.29) is 0 Å². The number of hydrogen-bond donors (Lipinski definition) is 2. The number of methoxy groups -OCH3 is 1. The summed E-state index contributed by atoms with van der Waals surface area (Å²) < 4.78 is 4.83. The van der Waals surface area contributed by atoms with Crippen molar-refractivity contribution in [3.8, 4) is 0 Å². The molecule has 1 aromatic heterocycles. The summed E-state index contributed by atoms with van der Waals surface area (Å²) in [5.74, 6) is 0.807. The van der Waals surface area contributed by atoms with Crippen LogP contribution in [-0.4, -0.2) is 36.1 Å². The molecule has 0 spiro atoms. The van der Waals surface area contributed by atoms with Crippen LogP contribution in [0.1, 0.15) is 24.2 Å². The van der Waals surface area contributed by atoms with Gasteiger partial charge < -0.3 is 20.3 Å². The van der Waals surface area contributed by atoms with Crippen LogP contribution in [0, 0.1) is 0 Å². The first-order valence-corrected chi connectivity index (χ1v) is 9.53. The predicted molar refractivity (Wildman–Crippen MR) is 116 cm³/mol. The number of hydrogen-bond acceptors (Lipinski definition) is 7. The van der Waals surface area contributed by atoms with E-state index >= 15 is 0 Å². The highest BCUT2D eigenvalue weighted by molar-refractivity contribution is 5.96. The van der Waals surface area contributed by atoms with Crippen LogP contribution < -0.4 is 15.5 Å². The van der Waals surface area contributed by atoms with Gasteiger partial charge in [0.05, 0.1) is 18.4 Å². The van der Waals surface area contributed by atoms with Gasteiger partial charge in [-0.1, -0.05) is 12.1 Å². The maximum atomic E-state index is 11.9. The number of nitrogens with one attached hydrogen (secondary N) is 2. The molecule has 0 saturated heterocycles. The van der Waals surface area contributed by atoms with Gasteiger partial charge in [0.2, 0.25) is 0 Å². The monoisotopic (exact) mass is 391 g/mol. The Morgan fingerprint density at radius 2 is 1.62 bits per heavy atom. The van der Waals surface area contributed by atoms with E-state index in [0.717, 1.165) is 18.8 Å². The summed E-state index contributed by atoms with van der Waals surface area (Å²) in [5, 5.41) is 6.43. The molecule has 7 nitrogen and oxygen atoms in total. The van der Waals surface area contributed by atoms with Crippen LogP contribution in [0.25, 0.3) is 0 Å². The molecule has 0 radical (unpaired) electrons. The average Bonchev–Trinajstić information content (AvgIpc) is 2.76. The van der Waals surface area contributed by atoms with E-state index in [9.17, 15) is 4.79 Å². The van der Waals surface area contributed by atoms with E-state index in [4.69, 9.17) is 4.74 Å². The van der Waals surface area contributed by atoms with E-state index in [2.05, 4.69) is 51.5 Å². The number of esters is 1. The summed E-state index contributed by atoms with van der Waals surface area (Å²) in [7, 11) is 1.36. The van der Waals surface area contributed by atoms with Gasteiger partial charge in [0, 0.05) is 30.5 Å². The topological polar surface area (TPSA) is 79.4 Å². The Bertz CT molecular complexity index is 955. The molecule has 0 amide bonds. The van der Waals surface area contributed by atoms with Crippen molar-refractivity contribution in [1.82, 2.24) is 9.97 Å². The van der Waals surface area contributed by atoms with E-state index < -0.39 is 5.97 Å². The van der Waals surface area contributed by atoms with Crippen LogP contribution in [0.5, 0.6) is 0 Å². The standard InChI is InChI=1S/C22H25N5O2/c1-4-27(5-2)17-12-10-16(11-13-17)25-20-14-21(24-15-23-20)26-19-9-7-6-8-18(19)22(28)29-3/h6-15H,4-5H2,1-3H3,(H2,23,24,25,26). The first-order valence-electron chi connectivity index (χ1n) is 9.53. The number of aromatic nitrogens is 2. The Hall–Kier alpha value is -3.61. The highest BCUT2D eigenvalue weighted by Gasteiger charge is 2.12. The molecule has 7 heteroatoms. The molecule has 150 valence electrons. The second kappa shape index (κ2) is 9.54. The first-order chi connectivity index (χ1) is 14.1. The van der Waals surface area contributed by atoms with Crippen LogP contribution in [0.15, 0.2) is 60.9 Å². The second-order valence-corrected chi connectivity index (χ2v) is 6.29. The summed E-state index contributed by atoms with van der Waals surface area (Å²) >= 11 is 0. The Morgan fingerprint density at radius 3 is 2.28 bits per heavy atom. The molecule has 0 bridgehead atoms. The first kappa shape index (κ1) is 20.1. The normalized spacial score (nSPS) is 10.3. The van der Waals surface area contributed by atoms with Gasteiger partial charge >= 0.3 is 5.97 Å². The number of anilines is 5. The lowest BCUT2D eigenvalue weighted by Crippen LogP contribution is -2.21. The number of benzene rings is 2. The largest absolute Gasteiger partial charge is 0.465 e. The number of para-hydroxylation sites is 1. The molecule has 0 atom stereocenters. The van der Waals surface area contributed by atoms with E-state index in [1.807, 2.05) is 18.2 Å². The van der Waals surface area contributed by atoms with Gasteiger partial charge in [-0.2, -0.15) is 0 Å². The third kappa shape index (κ3) is 5.01. The Labute approximate surface area is 170 Å². The number of carbonyl (C=O) groups is 1. The zero-order chi connectivity index (χ0) is 20.6. The lowest BCUT2D eigenvalue weighted by Gasteiger charge is -2.21. The maximum absolute atomic E-state index is 11.9. The SMILES string of the molecule is CCN(CC)c1ccc(Nc2cc(Nc3ccccc3C(=O)OC)ncn2)cc1. The molecular weight excluding hydrogens is 366 g/mol. The van der Waals surface area contributed by atoms with Crippen molar-refractivity contribution in [3.05, 3.63) is 66.5 Å². The Balaban J connectivity index is 1.75. The molecule has 0 aliphatic heterocycles. The Kier molecular flexibility index (Phi) is 6.63. The molecule has 1 heterocycles. The molecule has 3 rings (SSSR count). The van der Waals surface area contributed by atoms with Crippen molar-refractivity contribution < 1.29 is 9.53 Å². The molecule has 2 aromatic carbocycles. The predicted octanol–water partition coefficient (Wildman–Crippen LogP) is 4.60. The van der Waals surface area contributed by atoms with Gasteiger partial charge in [-0.3, -0.25) is 0 Å². The summed E-state index contributed by atoms with van der Waals surface area (Å²) in [5.41, 5.74) is 3.17. The number of ether oxygens (including phenoxy) is 1. The van der Waals surface area contributed by atoms with Crippen molar-refractivity contribution >= 4 is 34.7 Å². The van der Waals surface area contributed by atoms with Gasteiger partial charge in [-0.05, 0) is 50.2 Å². The van der Waals surface area contributed by atoms with Gasteiger partial charge in [0.1, 0.15) is 18.0 Å². The summed E-state index contributed by atoms with van der Waals surface area (Å²) in [6.07, 6.45) is 1.47. The zero-order valence-electron chi connectivity index (χ0n) is 16.8. The van der Waals surface area contributed by atoms with Crippen LogP contribution >= 0.6 is 0 Å². The number of nitrogens with zero attached hydrogens (tertiary/aromatic N) is 3. The van der Waals surface area contributed by atoms with Gasteiger partial charge in [-0.25, -0.2) is 14.8 Å². The van der Waals surface area contributed by atoms with Gasteiger partial charge in [-0.15, -0.1) is 0 Å². The van der Waals surface area contributed by atoms with Crippen LogP contribution in [-0.2, 0) is 4.74 Å². The fraction of sp³-hybridized carbons (Fsp3) is 0.227. The minimum Gasteiger partial charge on any atom is -0.465 e. The highest BCUT2D eigenvalue weighted by Crippen LogP contribution is 2.24. The van der Waals surface area contributed by atoms with Crippen molar-refractivity contribution in [2.75, 3.05) is 35.7 Å². The van der Waals surface area contributed by atoms with Gasteiger partial charge in [0.15, 0.2) is 0 Å². The number of carbonyl (C=O) groups excluding carboxylic acids is 1. The van der Waals surface area contributed by atoms with Crippen molar-refractivity contribution in [2.24, 2.45) is 0 Å². The van der Waals surface area contributed by atoms with Crippen molar-refractivity contribution in [3.63, 3.8) is 0 Å². The zero-order valence-corrected chi connectivity index (χ0v) is 16.8. The van der Waals surface area contributed by atoms with Crippen LogP contribution in [0.4, 0.5) is 28.7 Å².